The second kappa shape index (κ2) is 11.3. The van der Waals surface area contributed by atoms with Gasteiger partial charge in [-0.25, -0.2) is 0 Å². The largest absolute Gasteiger partial charge is 0.493 e. The van der Waals surface area contributed by atoms with Crippen LogP contribution in [-0.2, 0) is 16.0 Å². The monoisotopic (exact) mass is 490 g/mol. The van der Waals surface area contributed by atoms with Gasteiger partial charge in [0.05, 0.1) is 31.8 Å². The molecule has 3 aromatic rings. The molecule has 6 nitrogen and oxygen atoms in total. The van der Waals surface area contributed by atoms with Crippen molar-refractivity contribution in [2.45, 2.75) is 19.4 Å². The van der Waals surface area contributed by atoms with Gasteiger partial charge in [0.25, 0.3) is 0 Å². The van der Waals surface area contributed by atoms with Gasteiger partial charge in [0.15, 0.2) is 11.5 Å². The smallest absolute Gasteiger partial charge is 0.234 e. The Morgan fingerprint density at radius 1 is 0.971 bits per heavy atom. The van der Waals surface area contributed by atoms with E-state index in [9.17, 15) is 9.59 Å². The van der Waals surface area contributed by atoms with E-state index in [-0.39, 0.29) is 29.4 Å². The molecule has 2 amide bonds. The third-order valence-electron chi connectivity index (χ3n) is 6.07. The number of hydrogen-bond acceptors (Lipinski definition) is 5. The predicted octanol–water partition coefficient (Wildman–Crippen LogP) is 4.86. The number of ether oxygens (including phenoxy) is 2. The number of fused-ring (bicyclic) bond motifs is 1. The van der Waals surface area contributed by atoms with Crippen molar-refractivity contribution in [1.29, 1.82) is 0 Å². The van der Waals surface area contributed by atoms with Gasteiger partial charge >= 0.3 is 0 Å². The van der Waals surface area contributed by atoms with E-state index in [0.717, 1.165) is 34.4 Å². The summed E-state index contributed by atoms with van der Waals surface area (Å²) in [5, 5.41) is 2.90. The molecule has 0 fully saturated rings. The highest BCUT2D eigenvalue weighted by Crippen LogP contribution is 2.41. The van der Waals surface area contributed by atoms with Crippen LogP contribution in [-0.4, -0.2) is 49.0 Å². The molecule has 1 aliphatic heterocycles. The number of aryl methyl sites for hydroxylation is 1. The molecule has 0 spiro atoms. The maximum Gasteiger partial charge on any atom is 0.234 e. The van der Waals surface area contributed by atoms with Crippen molar-refractivity contribution in [1.82, 2.24) is 4.90 Å². The van der Waals surface area contributed by atoms with Crippen molar-refractivity contribution >= 4 is 29.3 Å². The van der Waals surface area contributed by atoms with Crippen LogP contribution in [0.4, 0.5) is 5.69 Å². The Balaban J connectivity index is 1.49. The number of hydrogen-bond donors (Lipinski definition) is 1. The van der Waals surface area contributed by atoms with Crippen LogP contribution in [0, 0.1) is 6.92 Å². The number of thioether (sulfide) groups is 1. The topological polar surface area (TPSA) is 67.9 Å². The Morgan fingerprint density at radius 2 is 1.71 bits per heavy atom. The summed E-state index contributed by atoms with van der Waals surface area (Å²) < 4.78 is 11.0. The molecule has 1 heterocycles. The summed E-state index contributed by atoms with van der Waals surface area (Å²) in [6.07, 6.45) is 0.725. The molecular weight excluding hydrogens is 460 g/mol. The molecule has 4 rings (SSSR count). The lowest BCUT2D eigenvalue weighted by atomic mass is 9.87. The summed E-state index contributed by atoms with van der Waals surface area (Å²) in [6, 6.07) is 21.5. The van der Waals surface area contributed by atoms with Gasteiger partial charge in [-0.05, 0) is 59.9 Å². The molecule has 0 bridgehead atoms. The molecule has 35 heavy (non-hydrogen) atoms. The lowest BCUT2D eigenvalue weighted by Crippen LogP contribution is -2.41. The quantitative estimate of drug-likeness (QED) is 0.489. The van der Waals surface area contributed by atoms with Crippen molar-refractivity contribution < 1.29 is 19.1 Å². The molecule has 1 unspecified atom stereocenters. The second-order valence-electron chi connectivity index (χ2n) is 8.47. The molecular formula is C28H30N2O4S. The zero-order valence-electron chi connectivity index (χ0n) is 20.2. The van der Waals surface area contributed by atoms with Gasteiger partial charge in [0, 0.05) is 12.2 Å². The molecule has 7 heteroatoms. The highest BCUT2D eigenvalue weighted by atomic mass is 32.2. The van der Waals surface area contributed by atoms with E-state index in [0.29, 0.717) is 18.0 Å². The maximum atomic E-state index is 13.4. The molecule has 3 aromatic carbocycles. The molecule has 0 saturated carbocycles. The molecule has 1 aliphatic rings. The number of amides is 2. The molecule has 0 aromatic heterocycles. The maximum absolute atomic E-state index is 13.4. The number of nitrogens with one attached hydrogen (secondary N) is 1. The third-order valence-corrected chi connectivity index (χ3v) is 6.99. The summed E-state index contributed by atoms with van der Waals surface area (Å²) in [4.78, 5) is 27.7. The van der Waals surface area contributed by atoms with Crippen molar-refractivity contribution in [2.75, 3.05) is 37.6 Å². The lowest BCUT2D eigenvalue weighted by Gasteiger charge is -2.38. The standard InChI is InChI=1S/C28H30N2O4S/c1-19-8-7-11-22(14-19)29-26(31)17-35-18-27(32)30-13-12-21-15-24(33-2)25(34-3)16-23(21)28(30)20-9-5-4-6-10-20/h4-11,14-16,28H,12-13,17-18H2,1-3H3,(H,29,31). The number of rotatable bonds is 8. The van der Waals surface area contributed by atoms with E-state index in [2.05, 4.69) is 5.32 Å². The Bertz CT molecular complexity index is 1200. The number of methoxy groups -OCH3 is 2. The van der Waals surface area contributed by atoms with Crippen LogP contribution in [0.3, 0.4) is 0 Å². The summed E-state index contributed by atoms with van der Waals surface area (Å²) in [5.74, 6) is 1.66. The van der Waals surface area contributed by atoms with Crippen LogP contribution in [0.1, 0.15) is 28.3 Å². The predicted molar refractivity (Wildman–Crippen MR) is 140 cm³/mol. The van der Waals surface area contributed by atoms with Crippen molar-refractivity contribution in [2.24, 2.45) is 0 Å². The van der Waals surface area contributed by atoms with Crippen LogP contribution in [0.15, 0.2) is 66.7 Å². The van der Waals surface area contributed by atoms with Crippen LogP contribution in [0.25, 0.3) is 0 Å². The highest BCUT2D eigenvalue weighted by Gasteiger charge is 2.33. The van der Waals surface area contributed by atoms with Gasteiger partial charge in [0.2, 0.25) is 11.8 Å². The Kier molecular flexibility index (Phi) is 7.98. The SMILES string of the molecule is COc1cc2c(cc1OC)C(c1ccccc1)N(C(=O)CSCC(=O)Nc1cccc(C)c1)CC2. The molecule has 1 N–H and O–H groups in total. The average Bonchev–Trinajstić information content (AvgIpc) is 2.87. The van der Waals surface area contributed by atoms with Gasteiger partial charge < -0.3 is 19.7 Å². The van der Waals surface area contributed by atoms with Crippen LogP contribution >= 0.6 is 11.8 Å². The first-order valence-corrected chi connectivity index (χ1v) is 12.7. The number of carbonyl (C=O) groups is 2. The van der Waals surface area contributed by atoms with Gasteiger partial charge in [-0.15, -0.1) is 11.8 Å². The minimum absolute atomic E-state index is 0.00708. The zero-order valence-corrected chi connectivity index (χ0v) is 21.1. The fourth-order valence-corrected chi connectivity index (χ4v) is 5.14. The summed E-state index contributed by atoms with van der Waals surface area (Å²) in [5.41, 5.74) is 5.07. The Labute approximate surface area is 210 Å². The average molecular weight is 491 g/mol. The van der Waals surface area contributed by atoms with E-state index in [4.69, 9.17) is 9.47 Å². The van der Waals surface area contributed by atoms with E-state index in [1.54, 1.807) is 14.2 Å². The highest BCUT2D eigenvalue weighted by molar-refractivity contribution is 8.00. The van der Waals surface area contributed by atoms with Gasteiger partial charge in [0.1, 0.15) is 0 Å². The number of benzene rings is 3. The van der Waals surface area contributed by atoms with E-state index in [1.807, 2.05) is 78.6 Å². The Hall–Kier alpha value is -3.45. The minimum Gasteiger partial charge on any atom is -0.493 e. The molecule has 182 valence electrons. The second-order valence-corrected chi connectivity index (χ2v) is 9.45. The van der Waals surface area contributed by atoms with Crippen LogP contribution < -0.4 is 14.8 Å². The summed E-state index contributed by atoms with van der Waals surface area (Å²) in [6.45, 7) is 2.57. The van der Waals surface area contributed by atoms with E-state index >= 15 is 0 Å². The molecule has 1 atom stereocenters. The molecule has 0 radical (unpaired) electrons. The first-order chi connectivity index (χ1) is 17.0. The molecule has 0 saturated heterocycles. The fraction of sp³-hybridized carbons (Fsp3) is 0.286. The summed E-state index contributed by atoms with van der Waals surface area (Å²) >= 11 is 1.33. The minimum atomic E-state index is -0.228. The van der Waals surface area contributed by atoms with Crippen LogP contribution in [0.2, 0.25) is 0 Å². The van der Waals surface area contributed by atoms with Crippen molar-refractivity contribution in [3.05, 3.63) is 89.0 Å². The van der Waals surface area contributed by atoms with Gasteiger partial charge in [-0.1, -0.05) is 42.5 Å². The van der Waals surface area contributed by atoms with Gasteiger partial charge in [-0.3, -0.25) is 9.59 Å². The third kappa shape index (κ3) is 5.80. The summed E-state index contributed by atoms with van der Waals surface area (Å²) in [7, 11) is 3.25. The van der Waals surface area contributed by atoms with E-state index in [1.165, 1.54) is 11.8 Å². The first-order valence-electron chi connectivity index (χ1n) is 11.5. The van der Waals surface area contributed by atoms with Gasteiger partial charge in [-0.2, -0.15) is 0 Å². The number of anilines is 1. The lowest BCUT2D eigenvalue weighted by molar-refractivity contribution is -0.130. The number of nitrogens with zero attached hydrogens (tertiary/aromatic N) is 1. The van der Waals surface area contributed by atoms with Crippen molar-refractivity contribution in [3.63, 3.8) is 0 Å². The fourth-order valence-electron chi connectivity index (χ4n) is 4.44. The number of carbonyl (C=O) groups excluding carboxylic acids is 2. The molecule has 0 aliphatic carbocycles. The Morgan fingerprint density at radius 3 is 2.43 bits per heavy atom. The first kappa shape index (κ1) is 24.7. The zero-order chi connectivity index (χ0) is 24.8. The van der Waals surface area contributed by atoms with Crippen LogP contribution in [0.5, 0.6) is 11.5 Å². The van der Waals surface area contributed by atoms with Crippen molar-refractivity contribution in [3.8, 4) is 11.5 Å². The van der Waals surface area contributed by atoms with E-state index < -0.39 is 0 Å². The normalized spacial score (nSPS) is 14.7.